The second-order valence-electron chi connectivity index (χ2n) is 7.92. The summed E-state index contributed by atoms with van der Waals surface area (Å²) < 4.78 is 0. The van der Waals surface area contributed by atoms with Crippen LogP contribution in [0.5, 0.6) is 5.75 Å². The van der Waals surface area contributed by atoms with E-state index in [9.17, 15) is 9.90 Å². The fraction of sp³-hybridized carbons (Fsp3) is 0.450. The number of nitrogens with zero attached hydrogens (tertiary/aromatic N) is 3. The molecule has 0 saturated carbocycles. The average Bonchev–Trinajstić information content (AvgIpc) is 2.59. The van der Waals surface area contributed by atoms with Gasteiger partial charge >= 0.3 is 0 Å². The summed E-state index contributed by atoms with van der Waals surface area (Å²) in [5.74, 6) is 0.280. The zero-order chi connectivity index (χ0) is 17.8. The van der Waals surface area contributed by atoms with Gasteiger partial charge in [0.2, 0.25) is 0 Å². The van der Waals surface area contributed by atoms with Crippen molar-refractivity contribution in [1.82, 2.24) is 14.9 Å². The maximum Gasteiger partial charge on any atom is 0.272 e. The van der Waals surface area contributed by atoms with Gasteiger partial charge in [0.1, 0.15) is 17.8 Å². The number of fused-ring (bicyclic) bond motifs is 4. The molecule has 25 heavy (non-hydrogen) atoms. The van der Waals surface area contributed by atoms with Gasteiger partial charge in [-0.1, -0.05) is 32.9 Å². The molecule has 2 bridgehead atoms. The van der Waals surface area contributed by atoms with Crippen molar-refractivity contribution in [3.05, 3.63) is 53.6 Å². The van der Waals surface area contributed by atoms with Crippen molar-refractivity contribution >= 4 is 5.91 Å². The third-order valence-corrected chi connectivity index (χ3v) is 6.69. The standard InChI is InChI=1S/C20H23N3O2/c1-19(2)17-11-13-14(5-4-6-16(13)24)20(19,3)8-10-23(17)18(25)15-7-9-21-12-22-15/h4-7,9,12,17,24H,8,10-11H2,1-3H3/t17-,20+/m1/s1. The Kier molecular flexibility index (Phi) is 3.39. The Morgan fingerprint density at radius 3 is 2.80 bits per heavy atom. The third kappa shape index (κ3) is 2.11. The first-order valence-electron chi connectivity index (χ1n) is 8.74. The number of aromatic nitrogens is 2. The van der Waals surface area contributed by atoms with Gasteiger partial charge in [-0.05, 0) is 41.5 Å². The molecule has 2 atom stereocenters. The van der Waals surface area contributed by atoms with Crippen molar-refractivity contribution < 1.29 is 9.90 Å². The Morgan fingerprint density at radius 1 is 1.28 bits per heavy atom. The maximum atomic E-state index is 13.1. The minimum Gasteiger partial charge on any atom is -0.508 e. The van der Waals surface area contributed by atoms with E-state index in [4.69, 9.17) is 0 Å². The van der Waals surface area contributed by atoms with Crippen molar-refractivity contribution in [3.8, 4) is 5.75 Å². The lowest BCUT2D eigenvalue weighted by Gasteiger charge is -2.60. The van der Waals surface area contributed by atoms with E-state index in [1.54, 1.807) is 18.3 Å². The zero-order valence-electron chi connectivity index (χ0n) is 14.9. The number of rotatable bonds is 1. The van der Waals surface area contributed by atoms with E-state index in [-0.39, 0.29) is 22.8 Å². The predicted molar refractivity (Wildman–Crippen MR) is 94.4 cm³/mol. The van der Waals surface area contributed by atoms with Gasteiger partial charge in [-0.3, -0.25) is 4.79 Å². The molecule has 2 aromatic rings. The van der Waals surface area contributed by atoms with Crippen LogP contribution in [0.25, 0.3) is 0 Å². The molecule has 1 aromatic heterocycles. The Hall–Kier alpha value is -2.43. The van der Waals surface area contributed by atoms with Crippen LogP contribution in [0, 0.1) is 5.41 Å². The molecule has 5 heteroatoms. The molecule has 1 aliphatic carbocycles. The van der Waals surface area contributed by atoms with E-state index in [0.29, 0.717) is 24.4 Å². The monoisotopic (exact) mass is 337 g/mol. The van der Waals surface area contributed by atoms with Crippen LogP contribution >= 0.6 is 0 Å². The second kappa shape index (κ2) is 5.28. The summed E-state index contributed by atoms with van der Waals surface area (Å²) in [6.45, 7) is 7.45. The SMILES string of the molecule is CC1(C)[C@H]2Cc3c(O)cccc3[C@]1(C)CCN2C(=O)c1ccncn1. The molecule has 1 aromatic carbocycles. The van der Waals surface area contributed by atoms with Crippen LogP contribution in [0.1, 0.15) is 48.8 Å². The summed E-state index contributed by atoms with van der Waals surface area (Å²) in [5, 5.41) is 10.4. The molecular formula is C20H23N3O2. The fourth-order valence-electron chi connectivity index (χ4n) is 4.73. The van der Waals surface area contributed by atoms with Gasteiger partial charge in [0.15, 0.2) is 0 Å². The van der Waals surface area contributed by atoms with E-state index in [1.807, 2.05) is 11.0 Å². The summed E-state index contributed by atoms with van der Waals surface area (Å²) >= 11 is 0. The van der Waals surface area contributed by atoms with Crippen LogP contribution in [0.4, 0.5) is 0 Å². The molecule has 2 heterocycles. The largest absolute Gasteiger partial charge is 0.508 e. The van der Waals surface area contributed by atoms with Crippen molar-refractivity contribution in [1.29, 1.82) is 0 Å². The number of phenolic OH excluding ortho intramolecular Hbond substituents is 1. The molecule has 5 nitrogen and oxygen atoms in total. The molecule has 1 amide bonds. The van der Waals surface area contributed by atoms with E-state index in [0.717, 1.165) is 12.0 Å². The van der Waals surface area contributed by atoms with Crippen LogP contribution in [-0.2, 0) is 11.8 Å². The predicted octanol–water partition coefficient (Wildman–Crippen LogP) is 2.94. The number of hydrogen-bond donors (Lipinski definition) is 1. The van der Waals surface area contributed by atoms with Gasteiger partial charge in [0.25, 0.3) is 5.91 Å². The molecule has 2 aliphatic rings. The van der Waals surface area contributed by atoms with Gasteiger partial charge in [0.05, 0.1) is 0 Å². The lowest BCUT2D eigenvalue weighted by Crippen LogP contribution is -2.64. The van der Waals surface area contributed by atoms with Gasteiger partial charge in [-0.15, -0.1) is 0 Å². The molecule has 130 valence electrons. The Labute approximate surface area is 147 Å². The highest BCUT2D eigenvalue weighted by molar-refractivity contribution is 5.92. The molecule has 0 spiro atoms. The summed E-state index contributed by atoms with van der Waals surface area (Å²) in [7, 11) is 0. The average molecular weight is 337 g/mol. The lowest BCUT2D eigenvalue weighted by atomic mass is 9.51. The van der Waals surface area contributed by atoms with Crippen LogP contribution < -0.4 is 0 Å². The summed E-state index contributed by atoms with van der Waals surface area (Å²) in [6, 6.07) is 7.49. The van der Waals surface area contributed by atoms with Gasteiger partial charge < -0.3 is 10.0 Å². The van der Waals surface area contributed by atoms with Gasteiger partial charge in [-0.2, -0.15) is 0 Å². The summed E-state index contributed by atoms with van der Waals surface area (Å²) in [6.07, 6.45) is 4.54. The zero-order valence-corrected chi connectivity index (χ0v) is 14.9. The first kappa shape index (κ1) is 16.1. The Bertz CT molecular complexity index is 834. The van der Waals surface area contributed by atoms with Crippen molar-refractivity contribution in [2.75, 3.05) is 6.54 Å². The minimum atomic E-state index is -0.102. The highest BCUT2D eigenvalue weighted by atomic mass is 16.3. The number of aromatic hydroxyl groups is 1. The lowest BCUT2D eigenvalue weighted by molar-refractivity contribution is -0.0269. The highest BCUT2D eigenvalue weighted by Gasteiger charge is 2.57. The second-order valence-corrected chi connectivity index (χ2v) is 7.92. The number of carbonyl (C=O) groups is 1. The molecule has 1 fully saturated rings. The van der Waals surface area contributed by atoms with E-state index in [2.05, 4.69) is 36.8 Å². The number of benzene rings is 1. The number of piperidine rings is 1. The van der Waals surface area contributed by atoms with Crippen molar-refractivity contribution in [3.63, 3.8) is 0 Å². The van der Waals surface area contributed by atoms with E-state index < -0.39 is 0 Å². The normalized spacial score (nSPS) is 26.8. The maximum absolute atomic E-state index is 13.1. The van der Waals surface area contributed by atoms with Crippen LogP contribution in [0.15, 0.2) is 36.8 Å². The van der Waals surface area contributed by atoms with Crippen molar-refractivity contribution in [2.24, 2.45) is 5.41 Å². The van der Waals surface area contributed by atoms with Gasteiger partial charge in [0, 0.05) is 24.2 Å². The molecule has 1 saturated heterocycles. The Morgan fingerprint density at radius 2 is 2.08 bits per heavy atom. The van der Waals surface area contributed by atoms with Crippen molar-refractivity contribution in [2.45, 2.75) is 45.1 Å². The van der Waals surface area contributed by atoms with E-state index in [1.165, 1.54) is 11.9 Å². The molecule has 0 radical (unpaired) electrons. The molecule has 4 rings (SSSR count). The van der Waals surface area contributed by atoms with Crippen LogP contribution in [-0.4, -0.2) is 38.5 Å². The Balaban J connectivity index is 1.81. The van der Waals surface area contributed by atoms with E-state index >= 15 is 0 Å². The fourth-order valence-corrected chi connectivity index (χ4v) is 4.73. The molecular weight excluding hydrogens is 314 g/mol. The number of carbonyl (C=O) groups excluding carboxylic acids is 1. The number of likely N-dealkylation sites (tertiary alicyclic amines) is 1. The number of phenols is 1. The quantitative estimate of drug-likeness (QED) is 0.869. The summed E-state index contributed by atoms with van der Waals surface area (Å²) in [5.41, 5.74) is 2.45. The molecule has 1 aliphatic heterocycles. The molecule has 0 unspecified atom stereocenters. The highest BCUT2D eigenvalue weighted by Crippen LogP contribution is 2.57. The molecule has 1 N–H and O–H groups in total. The third-order valence-electron chi connectivity index (χ3n) is 6.69. The smallest absolute Gasteiger partial charge is 0.272 e. The number of hydrogen-bond acceptors (Lipinski definition) is 4. The topological polar surface area (TPSA) is 66.3 Å². The number of amides is 1. The van der Waals surface area contributed by atoms with Gasteiger partial charge in [-0.25, -0.2) is 9.97 Å². The van der Waals surface area contributed by atoms with Crippen LogP contribution in [0.3, 0.4) is 0 Å². The first-order valence-corrected chi connectivity index (χ1v) is 8.74. The minimum absolute atomic E-state index is 0.0227. The summed E-state index contributed by atoms with van der Waals surface area (Å²) in [4.78, 5) is 23.0. The van der Waals surface area contributed by atoms with Crippen LogP contribution in [0.2, 0.25) is 0 Å². The first-order chi connectivity index (χ1) is 11.9.